The second-order valence-electron chi connectivity index (χ2n) is 10.6. The number of carbonyl (C=O) groups is 1. The predicted octanol–water partition coefficient (Wildman–Crippen LogP) is 3.39. The number of anilines is 2. The third-order valence-corrected chi connectivity index (χ3v) is 9.47. The Labute approximate surface area is 234 Å². The van der Waals surface area contributed by atoms with Gasteiger partial charge in [0.1, 0.15) is 12.4 Å². The number of nitrogens with zero attached hydrogens (tertiary/aromatic N) is 4. The summed E-state index contributed by atoms with van der Waals surface area (Å²) >= 11 is 0. The summed E-state index contributed by atoms with van der Waals surface area (Å²) < 4.78 is 38.4. The molecular formula is C29H44N4O5S. The van der Waals surface area contributed by atoms with E-state index in [1.807, 2.05) is 18.2 Å². The van der Waals surface area contributed by atoms with Gasteiger partial charge in [-0.1, -0.05) is 6.07 Å². The van der Waals surface area contributed by atoms with Gasteiger partial charge in [-0.15, -0.1) is 0 Å². The molecule has 1 amide bonds. The lowest BCUT2D eigenvalue weighted by molar-refractivity contribution is -0.122. The van der Waals surface area contributed by atoms with Crippen LogP contribution in [0.25, 0.3) is 0 Å². The number of hydrogen-bond donors (Lipinski definition) is 0. The van der Waals surface area contributed by atoms with Gasteiger partial charge in [-0.25, -0.2) is 8.42 Å². The van der Waals surface area contributed by atoms with Gasteiger partial charge in [-0.05, 0) is 88.2 Å². The molecule has 2 aromatic carbocycles. The fourth-order valence-corrected chi connectivity index (χ4v) is 6.65. The quantitative estimate of drug-likeness (QED) is 0.368. The van der Waals surface area contributed by atoms with Gasteiger partial charge in [0.25, 0.3) is 5.91 Å². The molecule has 216 valence electrons. The maximum atomic E-state index is 13.2. The molecule has 1 fully saturated rings. The van der Waals surface area contributed by atoms with Crippen LogP contribution < -0.4 is 14.5 Å². The Morgan fingerprint density at radius 3 is 2.26 bits per heavy atom. The number of likely N-dealkylation sites (N-methyl/N-ethyl adjacent to an activating group) is 2. The van der Waals surface area contributed by atoms with Crippen molar-refractivity contribution in [2.45, 2.75) is 31.6 Å². The Hall–Kier alpha value is -2.66. The van der Waals surface area contributed by atoms with Gasteiger partial charge in [0.15, 0.2) is 0 Å². The molecule has 0 aliphatic carbocycles. The monoisotopic (exact) mass is 560 g/mol. The molecule has 0 aromatic heterocycles. The summed E-state index contributed by atoms with van der Waals surface area (Å²) in [6.07, 6.45) is 2.32. The predicted molar refractivity (Wildman–Crippen MR) is 156 cm³/mol. The minimum Gasteiger partial charge on any atom is -0.497 e. The second kappa shape index (κ2) is 13.6. The zero-order valence-electron chi connectivity index (χ0n) is 24.4. The van der Waals surface area contributed by atoms with Gasteiger partial charge in [0.2, 0.25) is 10.0 Å². The van der Waals surface area contributed by atoms with Crippen molar-refractivity contribution in [3.63, 3.8) is 0 Å². The van der Waals surface area contributed by atoms with E-state index in [1.165, 1.54) is 11.4 Å². The molecule has 0 atom stereocenters. The van der Waals surface area contributed by atoms with E-state index in [9.17, 15) is 13.2 Å². The highest BCUT2D eigenvalue weighted by atomic mass is 32.2. The van der Waals surface area contributed by atoms with E-state index in [1.54, 1.807) is 45.0 Å². The number of rotatable bonds is 12. The van der Waals surface area contributed by atoms with Gasteiger partial charge in [-0.2, -0.15) is 4.31 Å². The molecule has 0 spiro atoms. The van der Waals surface area contributed by atoms with Gasteiger partial charge >= 0.3 is 0 Å². The van der Waals surface area contributed by atoms with E-state index in [2.05, 4.69) is 30.0 Å². The highest BCUT2D eigenvalue weighted by Crippen LogP contribution is 2.28. The van der Waals surface area contributed by atoms with Crippen LogP contribution in [0.1, 0.15) is 24.0 Å². The van der Waals surface area contributed by atoms with E-state index in [0.29, 0.717) is 16.9 Å². The average molecular weight is 561 g/mol. The van der Waals surface area contributed by atoms with Gasteiger partial charge < -0.3 is 24.2 Å². The average Bonchev–Trinajstić information content (AvgIpc) is 2.89. The molecular weight excluding hydrogens is 516 g/mol. The van der Waals surface area contributed by atoms with Crippen molar-refractivity contribution >= 4 is 27.3 Å². The summed E-state index contributed by atoms with van der Waals surface area (Å²) in [6, 6.07) is 11.4. The normalized spacial score (nSPS) is 14.7. The minimum atomic E-state index is -3.72. The van der Waals surface area contributed by atoms with Crippen molar-refractivity contribution in [2.75, 3.05) is 84.5 Å². The molecule has 2 aromatic rings. The molecule has 0 bridgehead atoms. The molecule has 9 nitrogen and oxygen atoms in total. The number of carbonyl (C=O) groups excluding carboxylic acids is 1. The summed E-state index contributed by atoms with van der Waals surface area (Å²) in [6.45, 7) is 6.74. The van der Waals surface area contributed by atoms with Crippen molar-refractivity contribution in [2.24, 2.45) is 5.92 Å². The van der Waals surface area contributed by atoms with Crippen LogP contribution in [0.2, 0.25) is 0 Å². The first-order valence-electron chi connectivity index (χ1n) is 13.4. The van der Waals surface area contributed by atoms with Crippen LogP contribution in [0.15, 0.2) is 41.3 Å². The van der Waals surface area contributed by atoms with Gasteiger partial charge in [-0.3, -0.25) is 4.79 Å². The Morgan fingerprint density at radius 1 is 1.03 bits per heavy atom. The van der Waals surface area contributed by atoms with Crippen LogP contribution in [-0.2, 0) is 19.6 Å². The standard InChI is InChI=1S/C29H44N4O5S/c1-22-17-27(37-7)18-23(2)29(22)39(35,36)31(5)15-16-38-21-28(34)32(6)25-9-8-10-26(19-25)33-13-11-24(12-14-33)20-30(3)4/h8-10,17-19,24H,11-16,20-21H2,1-7H3. The summed E-state index contributed by atoms with van der Waals surface area (Å²) in [4.78, 5) is 19.3. The minimum absolute atomic E-state index is 0.103. The van der Waals surface area contributed by atoms with Crippen LogP contribution >= 0.6 is 0 Å². The molecule has 3 rings (SSSR count). The summed E-state index contributed by atoms with van der Waals surface area (Å²) in [5, 5.41) is 0. The lowest BCUT2D eigenvalue weighted by Gasteiger charge is -2.35. The molecule has 10 heteroatoms. The number of ether oxygens (including phenoxy) is 2. The topological polar surface area (TPSA) is 82.6 Å². The Balaban J connectivity index is 1.51. The number of methoxy groups -OCH3 is 1. The van der Waals surface area contributed by atoms with E-state index in [4.69, 9.17) is 9.47 Å². The smallest absolute Gasteiger partial charge is 0.252 e. The lowest BCUT2D eigenvalue weighted by atomic mass is 9.96. The molecule has 1 heterocycles. The van der Waals surface area contributed by atoms with E-state index in [-0.39, 0.29) is 30.6 Å². The maximum Gasteiger partial charge on any atom is 0.252 e. The van der Waals surface area contributed by atoms with Crippen LogP contribution in [0.5, 0.6) is 5.75 Å². The summed E-state index contributed by atoms with van der Waals surface area (Å²) in [5.74, 6) is 1.15. The number of aryl methyl sites for hydroxylation is 2. The number of sulfonamides is 1. The Kier molecular flexibility index (Phi) is 10.8. The van der Waals surface area contributed by atoms with Crippen LogP contribution in [0.3, 0.4) is 0 Å². The number of piperidine rings is 1. The van der Waals surface area contributed by atoms with Crippen LogP contribution in [0, 0.1) is 19.8 Å². The van der Waals surface area contributed by atoms with Gasteiger partial charge in [0.05, 0.1) is 18.6 Å². The molecule has 1 aliphatic heterocycles. The van der Waals surface area contributed by atoms with Crippen molar-refractivity contribution < 1.29 is 22.7 Å². The van der Waals surface area contributed by atoms with Crippen molar-refractivity contribution in [1.82, 2.24) is 9.21 Å². The third kappa shape index (κ3) is 7.94. The van der Waals surface area contributed by atoms with Crippen molar-refractivity contribution in [3.8, 4) is 5.75 Å². The van der Waals surface area contributed by atoms with Gasteiger partial charge in [0, 0.05) is 51.6 Å². The molecule has 0 radical (unpaired) electrons. The SMILES string of the molecule is COc1cc(C)c(S(=O)(=O)N(C)CCOCC(=O)N(C)c2cccc(N3CCC(CN(C)C)CC3)c2)c(C)c1. The third-order valence-electron chi connectivity index (χ3n) is 7.31. The molecule has 0 N–H and O–H groups in total. The fourth-order valence-electron chi connectivity index (χ4n) is 5.09. The Bertz CT molecular complexity index is 1200. The van der Waals surface area contributed by atoms with Crippen molar-refractivity contribution in [1.29, 1.82) is 0 Å². The number of hydrogen-bond acceptors (Lipinski definition) is 7. The summed E-state index contributed by atoms with van der Waals surface area (Å²) in [7, 11) is 5.34. The maximum absolute atomic E-state index is 13.2. The zero-order chi connectivity index (χ0) is 28.7. The zero-order valence-corrected chi connectivity index (χ0v) is 25.3. The molecule has 1 aliphatic rings. The molecule has 1 saturated heterocycles. The first-order valence-corrected chi connectivity index (χ1v) is 14.8. The first kappa shape index (κ1) is 30.9. The fraction of sp³-hybridized carbons (Fsp3) is 0.552. The molecule has 0 saturated carbocycles. The van der Waals surface area contributed by atoms with Crippen molar-refractivity contribution in [3.05, 3.63) is 47.5 Å². The lowest BCUT2D eigenvalue weighted by Crippen LogP contribution is -2.37. The Morgan fingerprint density at radius 2 is 1.67 bits per heavy atom. The van der Waals surface area contributed by atoms with E-state index >= 15 is 0 Å². The van der Waals surface area contributed by atoms with E-state index < -0.39 is 10.0 Å². The first-order chi connectivity index (χ1) is 18.4. The largest absolute Gasteiger partial charge is 0.497 e. The summed E-state index contributed by atoms with van der Waals surface area (Å²) in [5.41, 5.74) is 3.17. The molecule has 0 unspecified atom stereocenters. The van der Waals surface area contributed by atoms with Crippen LogP contribution in [-0.4, -0.2) is 98.2 Å². The number of amides is 1. The highest BCUT2D eigenvalue weighted by Gasteiger charge is 2.26. The van der Waals surface area contributed by atoms with E-state index in [0.717, 1.165) is 49.8 Å². The number of benzene rings is 2. The second-order valence-corrected chi connectivity index (χ2v) is 12.6. The molecule has 39 heavy (non-hydrogen) atoms. The van der Waals surface area contributed by atoms with Crippen LogP contribution in [0.4, 0.5) is 11.4 Å². The highest BCUT2D eigenvalue weighted by molar-refractivity contribution is 7.89.